The Kier molecular flexibility index (Phi) is 5.78. The van der Waals surface area contributed by atoms with Crippen molar-refractivity contribution in [3.63, 3.8) is 0 Å². The Morgan fingerprint density at radius 1 is 1.04 bits per heavy atom. The molecule has 2 rings (SSSR count). The molecular formula is C17H16FN3O4. The maximum absolute atomic E-state index is 12.8. The van der Waals surface area contributed by atoms with E-state index in [2.05, 4.69) is 10.6 Å². The van der Waals surface area contributed by atoms with E-state index in [4.69, 9.17) is 0 Å². The molecule has 2 aromatic rings. The summed E-state index contributed by atoms with van der Waals surface area (Å²) in [7, 11) is 0. The second-order valence-corrected chi connectivity index (χ2v) is 5.28. The first-order valence-corrected chi connectivity index (χ1v) is 7.45. The smallest absolute Gasteiger partial charge is 0.269 e. The fourth-order valence-electron chi connectivity index (χ4n) is 2.17. The standard InChI is InChI=1S/C17H16FN3O4/c1-11-10-14(21(24)25)6-7-15(11)17(23)20-9-8-19-16(22)12-2-4-13(18)5-3-12/h2-7,10H,8-9H2,1H3,(H,19,22)(H,20,23). The lowest BCUT2D eigenvalue weighted by Crippen LogP contribution is -2.34. The van der Waals surface area contributed by atoms with Crippen LogP contribution in [0.15, 0.2) is 42.5 Å². The maximum Gasteiger partial charge on any atom is 0.269 e. The number of hydrogen-bond donors (Lipinski definition) is 2. The van der Waals surface area contributed by atoms with Crippen molar-refractivity contribution in [1.82, 2.24) is 10.6 Å². The van der Waals surface area contributed by atoms with Gasteiger partial charge >= 0.3 is 0 Å². The number of benzene rings is 2. The molecule has 2 aromatic carbocycles. The summed E-state index contributed by atoms with van der Waals surface area (Å²) in [5.41, 5.74) is 1.05. The minimum Gasteiger partial charge on any atom is -0.350 e. The predicted octanol–water partition coefficient (Wildman–Crippen LogP) is 2.20. The predicted molar refractivity (Wildman–Crippen MR) is 88.9 cm³/mol. The third-order valence-corrected chi connectivity index (χ3v) is 3.47. The van der Waals surface area contributed by atoms with Crippen LogP contribution in [-0.4, -0.2) is 29.8 Å². The highest BCUT2D eigenvalue weighted by atomic mass is 19.1. The van der Waals surface area contributed by atoms with Crippen LogP contribution >= 0.6 is 0 Å². The molecule has 0 aliphatic rings. The van der Waals surface area contributed by atoms with Gasteiger partial charge in [0.05, 0.1) is 4.92 Å². The van der Waals surface area contributed by atoms with E-state index in [9.17, 15) is 24.1 Å². The van der Waals surface area contributed by atoms with E-state index in [-0.39, 0.29) is 30.6 Å². The number of aryl methyl sites for hydroxylation is 1. The number of nitro groups is 1. The van der Waals surface area contributed by atoms with Crippen molar-refractivity contribution in [2.75, 3.05) is 13.1 Å². The highest BCUT2D eigenvalue weighted by Crippen LogP contribution is 2.16. The van der Waals surface area contributed by atoms with Crippen molar-refractivity contribution in [1.29, 1.82) is 0 Å². The summed E-state index contributed by atoms with van der Waals surface area (Å²) in [4.78, 5) is 34.0. The molecule has 2 N–H and O–H groups in total. The van der Waals surface area contributed by atoms with Gasteiger partial charge in [0.15, 0.2) is 0 Å². The molecule has 0 radical (unpaired) electrons. The van der Waals surface area contributed by atoms with Crippen LogP contribution < -0.4 is 10.6 Å². The number of non-ortho nitro benzene ring substituents is 1. The highest BCUT2D eigenvalue weighted by Gasteiger charge is 2.13. The van der Waals surface area contributed by atoms with Gasteiger partial charge < -0.3 is 10.6 Å². The zero-order valence-corrected chi connectivity index (χ0v) is 13.4. The number of rotatable bonds is 6. The van der Waals surface area contributed by atoms with Gasteiger partial charge in [0, 0.05) is 36.3 Å². The molecule has 0 fully saturated rings. The summed E-state index contributed by atoms with van der Waals surface area (Å²) in [6, 6.07) is 9.08. The summed E-state index contributed by atoms with van der Waals surface area (Å²) in [5.74, 6) is -1.19. The molecule has 0 heterocycles. The molecule has 0 atom stereocenters. The van der Waals surface area contributed by atoms with Crippen LogP contribution in [0.2, 0.25) is 0 Å². The van der Waals surface area contributed by atoms with E-state index >= 15 is 0 Å². The van der Waals surface area contributed by atoms with Crippen LogP contribution in [0.4, 0.5) is 10.1 Å². The van der Waals surface area contributed by atoms with Gasteiger partial charge in [-0.2, -0.15) is 0 Å². The summed E-state index contributed by atoms with van der Waals surface area (Å²) >= 11 is 0. The van der Waals surface area contributed by atoms with E-state index in [1.807, 2.05) is 0 Å². The number of carbonyl (C=O) groups is 2. The highest BCUT2D eigenvalue weighted by molar-refractivity contribution is 5.96. The van der Waals surface area contributed by atoms with Gasteiger partial charge in [0.1, 0.15) is 5.82 Å². The van der Waals surface area contributed by atoms with Gasteiger partial charge in [-0.15, -0.1) is 0 Å². The van der Waals surface area contributed by atoms with Crippen molar-refractivity contribution in [2.45, 2.75) is 6.92 Å². The fraction of sp³-hybridized carbons (Fsp3) is 0.176. The summed E-state index contributed by atoms with van der Waals surface area (Å²) in [6.07, 6.45) is 0. The van der Waals surface area contributed by atoms with Gasteiger partial charge in [-0.3, -0.25) is 19.7 Å². The second-order valence-electron chi connectivity index (χ2n) is 5.28. The number of nitrogens with zero attached hydrogens (tertiary/aromatic N) is 1. The number of carbonyl (C=O) groups excluding carboxylic acids is 2. The van der Waals surface area contributed by atoms with E-state index < -0.39 is 10.7 Å². The molecule has 7 nitrogen and oxygen atoms in total. The molecule has 0 bridgehead atoms. The van der Waals surface area contributed by atoms with E-state index in [1.165, 1.54) is 42.5 Å². The first kappa shape index (κ1) is 18.1. The Morgan fingerprint density at radius 2 is 1.64 bits per heavy atom. The zero-order valence-electron chi connectivity index (χ0n) is 13.4. The van der Waals surface area contributed by atoms with E-state index in [0.717, 1.165) is 0 Å². The minimum absolute atomic E-state index is 0.0828. The Morgan fingerprint density at radius 3 is 2.20 bits per heavy atom. The Bertz CT molecular complexity index is 806. The van der Waals surface area contributed by atoms with Crippen molar-refractivity contribution in [3.05, 3.63) is 75.1 Å². The molecule has 2 amide bonds. The normalized spacial score (nSPS) is 10.2. The Balaban J connectivity index is 1.83. The molecule has 8 heteroatoms. The van der Waals surface area contributed by atoms with Gasteiger partial charge in [0.2, 0.25) is 0 Å². The first-order valence-electron chi connectivity index (χ1n) is 7.45. The van der Waals surface area contributed by atoms with Gasteiger partial charge in [-0.25, -0.2) is 4.39 Å². The largest absolute Gasteiger partial charge is 0.350 e. The van der Waals surface area contributed by atoms with Crippen LogP contribution in [0, 0.1) is 22.9 Å². The van der Waals surface area contributed by atoms with Crippen LogP contribution in [-0.2, 0) is 0 Å². The second kappa shape index (κ2) is 8.00. The lowest BCUT2D eigenvalue weighted by atomic mass is 10.1. The van der Waals surface area contributed by atoms with Crippen molar-refractivity contribution < 1.29 is 18.9 Å². The number of amides is 2. The first-order chi connectivity index (χ1) is 11.9. The minimum atomic E-state index is -0.528. The topological polar surface area (TPSA) is 101 Å². The van der Waals surface area contributed by atoms with Crippen molar-refractivity contribution >= 4 is 17.5 Å². The third-order valence-electron chi connectivity index (χ3n) is 3.47. The van der Waals surface area contributed by atoms with E-state index in [0.29, 0.717) is 16.7 Å². The molecule has 0 unspecified atom stereocenters. The van der Waals surface area contributed by atoms with Gasteiger partial charge in [0.25, 0.3) is 17.5 Å². The van der Waals surface area contributed by atoms with Crippen LogP contribution in [0.3, 0.4) is 0 Å². The number of hydrogen-bond acceptors (Lipinski definition) is 4. The lowest BCUT2D eigenvalue weighted by molar-refractivity contribution is -0.384. The summed E-state index contributed by atoms with van der Waals surface area (Å²) < 4.78 is 12.8. The molecule has 0 aliphatic heterocycles. The Hall–Kier alpha value is -3.29. The quantitative estimate of drug-likeness (QED) is 0.476. The fourth-order valence-corrected chi connectivity index (χ4v) is 2.17. The SMILES string of the molecule is Cc1cc([N+](=O)[O-])ccc1C(=O)NCCNC(=O)c1ccc(F)cc1. The molecule has 130 valence electrons. The van der Waals surface area contributed by atoms with Gasteiger partial charge in [-0.05, 0) is 42.8 Å². The summed E-state index contributed by atoms with van der Waals surface area (Å²) in [6.45, 7) is 1.98. The van der Waals surface area contributed by atoms with Crippen LogP contribution in [0.1, 0.15) is 26.3 Å². The monoisotopic (exact) mass is 345 g/mol. The zero-order chi connectivity index (χ0) is 18.4. The average molecular weight is 345 g/mol. The molecular weight excluding hydrogens is 329 g/mol. The summed E-state index contributed by atoms with van der Waals surface area (Å²) in [5, 5.41) is 15.9. The van der Waals surface area contributed by atoms with Gasteiger partial charge in [-0.1, -0.05) is 0 Å². The maximum atomic E-state index is 12.8. The number of nitrogens with one attached hydrogen (secondary N) is 2. The third kappa shape index (κ3) is 4.84. The van der Waals surface area contributed by atoms with Crippen LogP contribution in [0.25, 0.3) is 0 Å². The molecule has 0 aromatic heterocycles. The van der Waals surface area contributed by atoms with E-state index in [1.54, 1.807) is 6.92 Å². The molecule has 25 heavy (non-hydrogen) atoms. The number of halogens is 1. The molecule has 0 spiro atoms. The molecule has 0 saturated heterocycles. The lowest BCUT2D eigenvalue weighted by Gasteiger charge is -2.09. The van der Waals surface area contributed by atoms with Crippen molar-refractivity contribution in [3.8, 4) is 0 Å². The van der Waals surface area contributed by atoms with Crippen LogP contribution in [0.5, 0.6) is 0 Å². The number of nitro benzene ring substituents is 1. The average Bonchev–Trinajstić information content (AvgIpc) is 2.58. The van der Waals surface area contributed by atoms with Crippen molar-refractivity contribution in [2.24, 2.45) is 0 Å². The molecule has 0 saturated carbocycles. The molecule has 0 aliphatic carbocycles. The Labute approximate surface area is 143 Å².